The summed E-state index contributed by atoms with van der Waals surface area (Å²) >= 11 is 3.51. The van der Waals surface area contributed by atoms with Crippen molar-refractivity contribution in [1.82, 2.24) is 9.97 Å². The lowest BCUT2D eigenvalue weighted by Crippen LogP contribution is -2.02. The van der Waals surface area contributed by atoms with E-state index in [0.717, 1.165) is 32.9 Å². The van der Waals surface area contributed by atoms with Crippen molar-refractivity contribution in [3.63, 3.8) is 0 Å². The van der Waals surface area contributed by atoms with E-state index in [2.05, 4.69) is 68.6 Å². The van der Waals surface area contributed by atoms with Crippen LogP contribution >= 0.6 is 15.9 Å². The molecule has 24 heavy (non-hydrogen) atoms. The molecule has 1 aromatic heterocycles. The lowest BCUT2D eigenvalue weighted by Gasteiger charge is -2.11. The predicted molar refractivity (Wildman–Crippen MR) is 103 cm³/mol. The third-order valence-electron chi connectivity index (χ3n) is 3.59. The Balaban J connectivity index is 1.82. The number of benzene rings is 2. The van der Waals surface area contributed by atoms with Gasteiger partial charge in [0.1, 0.15) is 5.82 Å². The van der Waals surface area contributed by atoms with E-state index in [1.54, 1.807) is 0 Å². The van der Waals surface area contributed by atoms with E-state index in [1.807, 2.05) is 37.3 Å². The van der Waals surface area contributed by atoms with Gasteiger partial charge >= 0.3 is 0 Å². The molecule has 122 valence electrons. The summed E-state index contributed by atoms with van der Waals surface area (Å²) in [5.74, 6) is 1.34. The average molecular weight is 383 g/mol. The van der Waals surface area contributed by atoms with Gasteiger partial charge in [-0.2, -0.15) is 4.98 Å². The first-order valence-corrected chi connectivity index (χ1v) is 8.51. The molecule has 2 N–H and O–H groups in total. The van der Waals surface area contributed by atoms with E-state index >= 15 is 0 Å². The second kappa shape index (κ2) is 7.01. The van der Waals surface area contributed by atoms with Gasteiger partial charge in [-0.25, -0.2) is 4.98 Å². The van der Waals surface area contributed by atoms with Gasteiger partial charge in [-0.05, 0) is 56.7 Å². The van der Waals surface area contributed by atoms with Crippen LogP contribution < -0.4 is 10.6 Å². The molecule has 0 radical (unpaired) electrons. The maximum absolute atomic E-state index is 4.55. The molecule has 0 saturated heterocycles. The van der Waals surface area contributed by atoms with Crippen LogP contribution in [0.5, 0.6) is 0 Å². The van der Waals surface area contributed by atoms with Crippen LogP contribution in [0.3, 0.4) is 0 Å². The van der Waals surface area contributed by atoms with Crippen molar-refractivity contribution < 1.29 is 0 Å². The van der Waals surface area contributed by atoms with E-state index in [9.17, 15) is 0 Å². The summed E-state index contributed by atoms with van der Waals surface area (Å²) in [6, 6.07) is 16.2. The second-order valence-electron chi connectivity index (χ2n) is 5.80. The van der Waals surface area contributed by atoms with Crippen molar-refractivity contribution in [2.75, 3.05) is 10.6 Å². The Bertz CT molecular complexity index is 860. The van der Waals surface area contributed by atoms with Gasteiger partial charge in [0.2, 0.25) is 5.95 Å². The minimum Gasteiger partial charge on any atom is -0.340 e. The largest absolute Gasteiger partial charge is 0.340 e. The van der Waals surface area contributed by atoms with Crippen molar-refractivity contribution in [2.45, 2.75) is 20.8 Å². The molecule has 0 aliphatic heterocycles. The fourth-order valence-electron chi connectivity index (χ4n) is 2.32. The van der Waals surface area contributed by atoms with Gasteiger partial charge in [-0.1, -0.05) is 33.6 Å². The number of hydrogen-bond acceptors (Lipinski definition) is 4. The van der Waals surface area contributed by atoms with E-state index in [-0.39, 0.29) is 0 Å². The number of aryl methyl sites for hydroxylation is 3. The molecule has 4 nitrogen and oxygen atoms in total. The van der Waals surface area contributed by atoms with Crippen LogP contribution in [0.2, 0.25) is 0 Å². The third kappa shape index (κ3) is 4.11. The maximum Gasteiger partial charge on any atom is 0.229 e. The number of hydrogen-bond donors (Lipinski definition) is 2. The molecular weight excluding hydrogens is 364 g/mol. The minimum absolute atomic E-state index is 0.575. The molecule has 5 heteroatoms. The van der Waals surface area contributed by atoms with Crippen molar-refractivity contribution in [2.24, 2.45) is 0 Å². The quantitative estimate of drug-likeness (QED) is 0.611. The molecule has 0 aliphatic carbocycles. The highest BCUT2D eigenvalue weighted by Gasteiger charge is 2.05. The van der Waals surface area contributed by atoms with Crippen molar-refractivity contribution in [3.05, 3.63) is 69.8 Å². The van der Waals surface area contributed by atoms with E-state index < -0.39 is 0 Å². The standard InChI is InChI=1S/C19H19BrN4/c1-12-4-6-15(7-5-12)22-18-11-14(3)21-19(24-18)23-16-8-9-17(20)13(2)10-16/h4-11H,1-3H3,(H2,21,22,23,24). The summed E-state index contributed by atoms with van der Waals surface area (Å²) in [5, 5.41) is 6.59. The predicted octanol–water partition coefficient (Wildman–Crippen LogP) is 5.65. The fourth-order valence-corrected chi connectivity index (χ4v) is 2.57. The lowest BCUT2D eigenvalue weighted by atomic mass is 10.2. The maximum atomic E-state index is 4.55. The number of anilines is 4. The molecule has 0 spiro atoms. The molecule has 1 heterocycles. The molecule has 0 bridgehead atoms. The Kier molecular flexibility index (Phi) is 4.81. The third-order valence-corrected chi connectivity index (χ3v) is 4.48. The lowest BCUT2D eigenvalue weighted by molar-refractivity contribution is 1.11. The summed E-state index contributed by atoms with van der Waals surface area (Å²) in [7, 11) is 0. The van der Waals surface area contributed by atoms with Crippen LogP contribution in [0, 0.1) is 20.8 Å². The number of halogens is 1. The Hall–Kier alpha value is -2.40. The first-order chi connectivity index (χ1) is 11.5. The molecule has 3 aromatic rings. The minimum atomic E-state index is 0.575. The summed E-state index contributed by atoms with van der Waals surface area (Å²) in [6.07, 6.45) is 0. The SMILES string of the molecule is Cc1ccc(Nc2cc(C)nc(Nc3ccc(Br)c(C)c3)n2)cc1. The first kappa shape index (κ1) is 16.5. The number of nitrogens with one attached hydrogen (secondary N) is 2. The smallest absolute Gasteiger partial charge is 0.229 e. The van der Waals surface area contributed by atoms with Crippen LogP contribution in [0.4, 0.5) is 23.1 Å². The van der Waals surface area contributed by atoms with Crippen LogP contribution in [0.15, 0.2) is 53.0 Å². The molecular formula is C19H19BrN4. The monoisotopic (exact) mass is 382 g/mol. The Morgan fingerprint density at radius 1 is 0.792 bits per heavy atom. The molecule has 3 rings (SSSR count). The highest BCUT2D eigenvalue weighted by Crippen LogP contribution is 2.23. The average Bonchev–Trinajstić information content (AvgIpc) is 2.53. The highest BCUT2D eigenvalue weighted by atomic mass is 79.9. The topological polar surface area (TPSA) is 49.8 Å². The van der Waals surface area contributed by atoms with Gasteiger partial charge in [0, 0.05) is 27.6 Å². The van der Waals surface area contributed by atoms with Gasteiger partial charge in [-0.15, -0.1) is 0 Å². The van der Waals surface area contributed by atoms with E-state index in [4.69, 9.17) is 0 Å². The molecule has 0 aliphatic rings. The Labute approximate surface area is 150 Å². The molecule has 0 amide bonds. The zero-order valence-corrected chi connectivity index (χ0v) is 15.5. The molecule has 0 atom stereocenters. The molecule has 0 saturated carbocycles. The number of aromatic nitrogens is 2. The van der Waals surface area contributed by atoms with Gasteiger partial charge < -0.3 is 10.6 Å². The van der Waals surface area contributed by atoms with Crippen molar-refractivity contribution in [3.8, 4) is 0 Å². The number of nitrogens with zero attached hydrogens (tertiary/aromatic N) is 2. The van der Waals surface area contributed by atoms with E-state index in [1.165, 1.54) is 5.56 Å². The molecule has 2 aromatic carbocycles. The normalized spacial score (nSPS) is 10.5. The van der Waals surface area contributed by atoms with Crippen LogP contribution in [0.1, 0.15) is 16.8 Å². The zero-order chi connectivity index (χ0) is 17.1. The van der Waals surface area contributed by atoms with Gasteiger partial charge in [0.25, 0.3) is 0 Å². The van der Waals surface area contributed by atoms with Gasteiger partial charge in [-0.3, -0.25) is 0 Å². The van der Waals surface area contributed by atoms with Crippen LogP contribution in [-0.4, -0.2) is 9.97 Å². The fraction of sp³-hybridized carbons (Fsp3) is 0.158. The molecule has 0 unspecified atom stereocenters. The first-order valence-electron chi connectivity index (χ1n) is 7.72. The van der Waals surface area contributed by atoms with Crippen LogP contribution in [-0.2, 0) is 0 Å². The van der Waals surface area contributed by atoms with E-state index in [0.29, 0.717) is 5.95 Å². The van der Waals surface area contributed by atoms with Crippen molar-refractivity contribution in [1.29, 1.82) is 0 Å². The summed E-state index contributed by atoms with van der Waals surface area (Å²) < 4.78 is 1.08. The summed E-state index contributed by atoms with van der Waals surface area (Å²) in [6.45, 7) is 6.08. The highest BCUT2D eigenvalue weighted by molar-refractivity contribution is 9.10. The second-order valence-corrected chi connectivity index (χ2v) is 6.65. The Morgan fingerprint density at radius 3 is 2.21 bits per heavy atom. The van der Waals surface area contributed by atoms with Gasteiger partial charge in [0.15, 0.2) is 0 Å². The summed E-state index contributed by atoms with van der Waals surface area (Å²) in [4.78, 5) is 9.02. The summed E-state index contributed by atoms with van der Waals surface area (Å²) in [5.41, 5.74) is 5.25. The number of rotatable bonds is 4. The Morgan fingerprint density at radius 2 is 1.50 bits per heavy atom. The zero-order valence-electron chi connectivity index (χ0n) is 13.9. The van der Waals surface area contributed by atoms with Gasteiger partial charge in [0.05, 0.1) is 0 Å². The van der Waals surface area contributed by atoms with Crippen LogP contribution in [0.25, 0.3) is 0 Å². The van der Waals surface area contributed by atoms with Crippen molar-refractivity contribution >= 4 is 39.1 Å². The molecule has 0 fully saturated rings.